The van der Waals surface area contributed by atoms with Crippen LogP contribution in [0, 0.1) is 17.7 Å². The first-order valence-electron chi connectivity index (χ1n) is 7.90. The van der Waals surface area contributed by atoms with Crippen LogP contribution in [0.3, 0.4) is 0 Å². The second kappa shape index (κ2) is 6.14. The topological polar surface area (TPSA) is 32.3 Å². The third-order valence-electron chi connectivity index (χ3n) is 4.60. The van der Waals surface area contributed by atoms with Gasteiger partial charge in [0.15, 0.2) is 0 Å². The molecule has 0 radical (unpaired) electrons. The number of nitrogens with one attached hydrogen (secondary N) is 1. The Bertz CT molecular complexity index is 515. The summed E-state index contributed by atoms with van der Waals surface area (Å²) in [4.78, 5) is 14.1. The Morgan fingerprint density at radius 2 is 2.19 bits per heavy atom. The van der Waals surface area contributed by atoms with Crippen molar-refractivity contribution in [3.63, 3.8) is 0 Å². The highest BCUT2D eigenvalue weighted by molar-refractivity contribution is 5.81. The molecule has 2 aliphatic rings. The van der Waals surface area contributed by atoms with Gasteiger partial charge in [0.25, 0.3) is 0 Å². The minimum absolute atomic E-state index is 0.188. The average molecular weight is 290 g/mol. The van der Waals surface area contributed by atoms with Gasteiger partial charge in [-0.1, -0.05) is 19.1 Å². The van der Waals surface area contributed by atoms with Gasteiger partial charge in [0, 0.05) is 31.6 Å². The molecule has 2 unspecified atom stereocenters. The van der Waals surface area contributed by atoms with Crippen molar-refractivity contribution in [1.82, 2.24) is 10.2 Å². The third kappa shape index (κ3) is 3.62. The van der Waals surface area contributed by atoms with Gasteiger partial charge < -0.3 is 10.2 Å². The van der Waals surface area contributed by atoms with Gasteiger partial charge in [-0.25, -0.2) is 4.39 Å². The van der Waals surface area contributed by atoms with E-state index in [9.17, 15) is 9.18 Å². The van der Waals surface area contributed by atoms with E-state index in [1.165, 1.54) is 6.07 Å². The van der Waals surface area contributed by atoms with E-state index in [1.54, 1.807) is 12.1 Å². The fraction of sp³-hybridized carbons (Fsp3) is 0.588. The zero-order valence-corrected chi connectivity index (χ0v) is 12.5. The standard InChI is InChI=1S/C17H23FN2O/c1-12-11-20(17(21)14-5-6-14)8-7-16(12)19-10-13-3-2-4-15(18)9-13/h2-4,9,12,14,16,19H,5-8,10-11H2,1H3. The van der Waals surface area contributed by atoms with E-state index in [-0.39, 0.29) is 5.82 Å². The molecule has 1 amide bonds. The van der Waals surface area contributed by atoms with Crippen LogP contribution in [0.25, 0.3) is 0 Å². The van der Waals surface area contributed by atoms with E-state index in [1.807, 2.05) is 11.0 Å². The van der Waals surface area contributed by atoms with Crippen molar-refractivity contribution in [3.8, 4) is 0 Å². The lowest BCUT2D eigenvalue weighted by molar-refractivity contribution is -0.134. The van der Waals surface area contributed by atoms with Crippen molar-refractivity contribution < 1.29 is 9.18 Å². The van der Waals surface area contributed by atoms with E-state index in [0.717, 1.165) is 37.9 Å². The summed E-state index contributed by atoms with van der Waals surface area (Å²) in [5, 5.41) is 3.51. The van der Waals surface area contributed by atoms with Gasteiger partial charge >= 0.3 is 0 Å². The van der Waals surface area contributed by atoms with Crippen molar-refractivity contribution in [2.45, 2.75) is 38.8 Å². The molecule has 1 saturated heterocycles. The molecule has 21 heavy (non-hydrogen) atoms. The van der Waals surface area contributed by atoms with Crippen LogP contribution < -0.4 is 5.32 Å². The highest BCUT2D eigenvalue weighted by atomic mass is 19.1. The van der Waals surface area contributed by atoms with Gasteiger partial charge in [0.1, 0.15) is 5.82 Å². The normalized spacial score (nSPS) is 25.9. The molecule has 0 spiro atoms. The lowest BCUT2D eigenvalue weighted by Crippen LogP contribution is -2.50. The molecule has 1 heterocycles. The molecule has 2 atom stereocenters. The molecule has 1 aromatic carbocycles. The Balaban J connectivity index is 1.50. The van der Waals surface area contributed by atoms with Crippen LogP contribution in [0.4, 0.5) is 4.39 Å². The molecule has 3 nitrogen and oxygen atoms in total. The number of halogens is 1. The van der Waals surface area contributed by atoms with Crippen LogP contribution in [-0.4, -0.2) is 29.9 Å². The summed E-state index contributed by atoms with van der Waals surface area (Å²) in [6.45, 7) is 4.57. The van der Waals surface area contributed by atoms with E-state index < -0.39 is 0 Å². The quantitative estimate of drug-likeness (QED) is 0.924. The highest BCUT2D eigenvalue weighted by Gasteiger charge is 2.36. The number of nitrogens with zero attached hydrogens (tertiary/aromatic N) is 1. The maximum atomic E-state index is 13.2. The van der Waals surface area contributed by atoms with Crippen LogP contribution in [0.2, 0.25) is 0 Å². The van der Waals surface area contributed by atoms with Crippen LogP contribution in [-0.2, 0) is 11.3 Å². The molecule has 1 aromatic rings. The molecule has 0 aromatic heterocycles. The summed E-state index contributed by atoms with van der Waals surface area (Å²) in [7, 11) is 0. The molecule has 0 bridgehead atoms. The number of carbonyl (C=O) groups is 1. The average Bonchev–Trinajstić information content (AvgIpc) is 3.30. The molecule has 4 heteroatoms. The molecule has 1 saturated carbocycles. The van der Waals surface area contributed by atoms with Crippen molar-refractivity contribution >= 4 is 5.91 Å². The molecule has 1 N–H and O–H groups in total. The van der Waals surface area contributed by atoms with Gasteiger partial charge in [-0.3, -0.25) is 4.79 Å². The molecular formula is C17H23FN2O. The zero-order valence-electron chi connectivity index (χ0n) is 12.5. The summed E-state index contributed by atoms with van der Waals surface area (Å²) in [5.41, 5.74) is 0.971. The number of likely N-dealkylation sites (tertiary alicyclic amines) is 1. The van der Waals surface area contributed by atoms with Crippen LogP contribution in [0.1, 0.15) is 31.7 Å². The maximum absolute atomic E-state index is 13.2. The summed E-state index contributed by atoms with van der Waals surface area (Å²) >= 11 is 0. The van der Waals surface area contributed by atoms with E-state index in [2.05, 4.69) is 12.2 Å². The number of amides is 1. The van der Waals surface area contributed by atoms with Crippen molar-refractivity contribution in [1.29, 1.82) is 0 Å². The van der Waals surface area contributed by atoms with E-state index >= 15 is 0 Å². The van der Waals surface area contributed by atoms with E-state index in [4.69, 9.17) is 0 Å². The number of piperidine rings is 1. The van der Waals surface area contributed by atoms with Crippen molar-refractivity contribution in [2.24, 2.45) is 11.8 Å². The van der Waals surface area contributed by atoms with Crippen LogP contribution in [0.15, 0.2) is 24.3 Å². The highest BCUT2D eigenvalue weighted by Crippen LogP contribution is 2.32. The number of hydrogen-bond acceptors (Lipinski definition) is 2. The first kappa shape index (κ1) is 14.5. The lowest BCUT2D eigenvalue weighted by atomic mass is 9.93. The number of benzene rings is 1. The summed E-state index contributed by atoms with van der Waals surface area (Å²) < 4.78 is 13.2. The molecule has 1 aliphatic heterocycles. The Kier molecular flexibility index (Phi) is 4.24. The van der Waals surface area contributed by atoms with Gasteiger partial charge in [0.05, 0.1) is 0 Å². The molecule has 3 rings (SSSR count). The summed E-state index contributed by atoms with van der Waals surface area (Å²) in [5.74, 6) is 0.918. The van der Waals surface area contributed by atoms with Crippen LogP contribution in [0.5, 0.6) is 0 Å². The fourth-order valence-corrected chi connectivity index (χ4v) is 3.13. The number of carbonyl (C=O) groups excluding carboxylic acids is 1. The van der Waals surface area contributed by atoms with E-state index in [0.29, 0.717) is 30.3 Å². The molecular weight excluding hydrogens is 267 g/mol. The summed E-state index contributed by atoms with van der Waals surface area (Å²) in [6, 6.07) is 7.12. The Morgan fingerprint density at radius 1 is 1.38 bits per heavy atom. The Labute approximate surface area is 125 Å². The number of hydrogen-bond donors (Lipinski definition) is 1. The lowest BCUT2D eigenvalue weighted by Gasteiger charge is -2.37. The van der Waals surface area contributed by atoms with Crippen molar-refractivity contribution in [2.75, 3.05) is 13.1 Å². The van der Waals surface area contributed by atoms with Crippen LogP contribution >= 0.6 is 0 Å². The largest absolute Gasteiger partial charge is 0.342 e. The third-order valence-corrected chi connectivity index (χ3v) is 4.60. The Morgan fingerprint density at radius 3 is 2.86 bits per heavy atom. The molecule has 1 aliphatic carbocycles. The van der Waals surface area contributed by atoms with Gasteiger partial charge in [-0.15, -0.1) is 0 Å². The SMILES string of the molecule is CC1CN(C(=O)C2CC2)CCC1NCc1cccc(F)c1. The van der Waals surface area contributed by atoms with Gasteiger partial charge in [-0.05, 0) is 42.9 Å². The maximum Gasteiger partial charge on any atom is 0.225 e. The second-order valence-electron chi connectivity index (χ2n) is 6.44. The molecule has 2 fully saturated rings. The predicted octanol–water partition coefficient (Wildman–Crippen LogP) is 2.56. The number of rotatable bonds is 4. The Hall–Kier alpha value is -1.42. The minimum Gasteiger partial charge on any atom is -0.342 e. The summed E-state index contributed by atoms with van der Waals surface area (Å²) in [6.07, 6.45) is 3.13. The predicted molar refractivity (Wildman–Crippen MR) is 80.1 cm³/mol. The molecule has 114 valence electrons. The first-order chi connectivity index (χ1) is 10.1. The van der Waals surface area contributed by atoms with Gasteiger partial charge in [-0.2, -0.15) is 0 Å². The monoisotopic (exact) mass is 290 g/mol. The second-order valence-corrected chi connectivity index (χ2v) is 6.44. The fourth-order valence-electron chi connectivity index (χ4n) is 3.13. The first-order valence-corrected chi connectivity index (χ1v) is 7.90. The van der Waals surface area contributed by atoms with Crippen molar-refractivity contribution in [3.05, 3.63) is 35.6 Å². The smallest absolute Gasteiger partial charge is 0.225 e. The minimum atomic E-state index is -0.188. The van der Waals surface area contributed by atoms with Gasteiger partial charge in [0.2, 0.25) is 5.91 Å². The zero-order chi connectivity index (χ0) is 14.8.